The van der Waals surface area contributed by atoms with Gasteiger partial charge in [0.25, 0.3) is 0 Å². The number of hydrogen-bond acceptors (Lipinski definition) is 1. The lowest BCUT2D eigenvalue weighted by atomic mass is 10.3. The van der Waals surface area contributed by atoms with Crippen molar-refractivity contribution in [2.75, 3.05) is 0 Å². The van der Waals surface area contributed by atoms with Crippen LogP contribution in [0.15, 0.2) is 36.4 Å². The number of benzene rings is 2. The van der Waals surface area contributed by atoms with E-state index in [0.717, 1.165) is 0 Å². The van der Waals surface area contributed by atoms with Crippen molar-refractivity contribution in [2.24, 2.45) is 0 Å². The van der Waals surface area contributed by atoms with Gasteiger partial charge in [-0.05, 0) is 24.3 Å². The summed E-state index contributed by atoms with van der Waals surface area (Å²) < 4.78 is 5.57. The van der Waals surface area contributed by atoms with E-state index in [4.69, 9.17) is 51.1 Å². The second-order valence-electron chi connectivity index (χ2n) is 3.25. The molecule has 0 aliphatic heterocycles. The van der Waals surface area contributed by atoms with Gasteiger partial charge in [-0.2, -0.15) is 0 Å². The Hall–Kier alpha value is -0.600. The van der Waals surface area contributed by atoms with Crippen molar-refractivity contribution in [2.45, 2.75) is 0 Å². The molecule has 0 aliphatic rings. The van der Waals surface area contributed by atoms with E-state index < -0.39 is 0 Å². The normalized spacial score (nSPS) is 10.4. The van der Waals surface area contributed by atoms with Crippen molar-refractivity contribution in [3.8, 4) is 11.5 Å². The molecule has 2 aromatic rings. The standard InChI is InChI=1S/C12H6Cl4O/c13-7-1-3-10(15)12(5-7)17-8-2-4-9(14)11(16)6-8/h1-6H. The third-order valence-corrected chi connectivity index (χ3v) is 3.30. The minimum absolute atomic E-state index is 0.419. The molecule has 0 radical (unpaired) electrons. The van der Waals surface area contributed by atoms with E-state index in [9.17, 15) is 0 Å². The monoisotopic (exact) mass is 306 g/mol. The van der Waals surface area contributed by atoms with E-state index >= 15 is 0 Å². The van der Waals surface area contributed by atoms with Gasteiger partial charge in [-0.15, -0.1) is 0 Å². The smallest absolute Gasteiger partial charge is 0.147 e. The van der Waals surface area contributed by atoms with Crippen LogP contribution >= 0.6 is 46.4 Å². The van der Waals surface area contributed by atoms with Crippen molar-refractivity contribution in [3.05, 3.63) is 56.5 Å². The van der Waals surface area contributed by atoms with Crippen LogP contribution in [0.4, 0.5) is 0 Å². The fourth-order valence-corrected chi connectivity index (χ4v) is 1.83. The molecule has 0 unspecified atom stereocenters. The van der Waals surface area contributed by atoms with Gasteiger partial charge in [0.2, 0.25) is 0 Å². The van der Waals surface area contributed by atoms with Crippen LogP contribution in [-0.4, -0.2) is 0 Å². The van der Waals surface area contributed by atoms with Crippen molar-refractivity contribution < 1.29 is 4.74 Å². The van der Waals surface area contributed by atoms with Crippen LogP contribution in [0, 0.1) is 0 Å². The highest BCUT2D eigenvalue weighted by atomic mass is 35.5. The maximum absolute atomic E-state index is 5.97. The molecule has 5 heteroatoms. The molecule has 0 heterocycles. The molecule has 0 aromatic heterocycles. The first-order chi connectivity index (χ1) is 8.06. The fraction of sp³-hybridized carbons (Fsp3) is 0. The Kier molecular flexibility index (Phi) is 4.05. The van der Waals surface area contributed by atoms with Crippen molar-refractivity contribution in [1.29, 1.82) is 0 Å². The lowest BCUT2D eigenvalue weighted by Gasteiger charge is -2.08. The highest BCUT2D eigenvalue weighted by Gasteiger charge is 2.06. The fourth-order valence-electron chi connectivity index (χ4n) is 1.22. The highest BCUT2D eigenvalue weighted by Crippen LogP contribution is 2.34. The maximum Gasteiger partial charge on any atom is 0.147 e. The number of halogens is 4. The highest BCUT2D eigenvalue weighted by molar-refractivity contribution is 6.42. The summed E-state index contributed by atoms with van der Waals surface area (Å²) in [6.45, 7) is 0. The molecular formula is C12H6Cl4O. The van der Waals surface area contributed by atoms with E-state index in [1.807, 2.05) is 0 Å². The summed E-state index contributed by atoms with van der Waals surface area (Å²) in [6.07, 6.45) is 0. The van der Waals surface area contributed by atoms with Crippen LogP contribution in [0.3, 0.4) is 0 Å². The first-order valence-corrected chi connectivity index (χ1v) is 6.15. The zero-order valence-electron chi connectivity index (χ0n) is 8.38. The SMILES string of the molecule is Clc1ccc(Cl)c(Oc2ccc(Cl)c(Cl)c2)c1. The van der Waals surface area contributed by atoms with Crippen LogP contribution in [-0.2, 0) is 0 Å². The van der Waals surface area contributed by atoms with Gasteiger partial charge in [0, 0.05) is 17.2 Å². The molecule has 0 amide bonds. The Balaban J connectivity index is 2.31. The van der Waals surface area contributed by atoms with E-state index in [1.54, 1.807) is 36.4 Å². The number of hydrogen-bond donors (Lipinski definition) is 0. The molecule has 17 heavy (non-hydrogen) atoms. The van der Waals surface area contributed by atoms with Crippen molar-refractivity contribution in [1.82, 2.24) is 0 Å². The average molecular weight is 308 g/mol. The second kappa shape index (κ2) is 5.36. The molecule has 88 valence electrons. The quantitative estimate of drug-likeness (QED) is 0.652. The molecule has 1 nitrogen and oxygen atoms in total. The number of rotatable bonds is 2. The molecule has 0 saturated carbocycles. The molecule has 0 saturated heterocycles. The molecule has 0 aliphatic carbocycles. The predicted molar refractivity (Wildman–Crippen MR) is 73.0 cm³/mol. The molecule has 2 rings (SSSR count). The largest absolute Gasteiger partial charge is 0.456 e. The van der Waals surface area contributed by atoms with Gasteiger partial charge in [0.15, 0.2) is 0 Å². The van der Waals surface area contributed by atoms with Gasteiger partial charge < -0.3 is 4.74 Å². The summed E-state index contributed by atoms with van der Waals surface area (Å²) in [7, 11) is 0. The Bertz CT molecular complexity index is 554. The van der Waals surface area contributed by atoms with Crippen LogP contribution in [0.2, 0.25) is 20.1 Å². The molecule has 2 aromatic carbocycles. The van der Waals surface area contributed by atoms with Crippen LogP contribution < -0.4 is 4.74 Å². The molecule has 0 N–H and O–H groups in total. The summed E-state index contributed by atoms with van der Waals surface area (Å²) in [5.41, 5.74) is 0. The van der Waals surface area contributed by atoms with E-state index in [-0.39, 0.29) is 0 Å². The van der Waals surface area contributed by atoms with E-state index in [0.29, 0.717) is 31.6 Å². The summed E-state index contributed by atoms with van der Waals surface area (Å²) in [6, 6.07) is 9.94. The Morgan fingerprint density at radius 1 is 0.706 bits per heavy atom. The lowest BCUT2D eigenvalue weighted by Crippen LogP contribution is -1.85. The Labute approximate surface area is 119 Å². The molecule has 0 bridgehead atoms. The van der Waals surface area contributed by atoms with Crippen molar-refractivity contribution in [3.63, 3.8) is 0 Å². The summed E-state index contributed by atoms with van der Waals surface area (Å²) in [5, 5.41) is 1.91. The van der Waals surface area contributed by atoms with Gasteiger partial charge in [-0.3, -0.25) is 0 Å². The summed E-state index contributed by atoms with van der Waals surface area (Å²) in [4.78, 5) is 0. The van der Waals surface area contributed by atoms with E-state index in [2.05, 4.69) is 0 Å². The van der Waals surface area contributed by atoms with E-state index in [1.165, 1.54) is 0 Å². The van der Waals surface area contributed by atoms with Gasteiger partial charge in [-0.25, -0.2) is 0 Å². The second-order valence-corrected chi connectivity index (χ2v) is 4.91. The minimum Gasteiger partial charge on any atom is -0.456 e. The van der Waals surface area contributed by atoms with Crippen molar-refractivity contribution >= 4 is 46.4 Å². The summed E-state index contributed by atoms with van der Waals surface area (Å²) >= 11 is 23.5. The van der Waals surface area contributed by atoms with Crippen LogP contribution in [0.1, 0.15) is 0 Å². The average Bonchev–Trinajstić information content (AvgIpc) is 2.29. The van der Waals surface area contributed by atoms with Gasteiger partial charge >= 0.3 is 0 Å². The third-order valence-electron chi connectivity index (χ3n) is 2.01. The molecular weight excluding hydrogens is 302 g/mol. The zero-order valence-corrected chi connectivity index (χ0v) is 11.4. The Morgan fingerprint density at radius 2 is 1.41 bits per heavy atom. The van der Waals surface area contributed by atoms with Crippen LogP contribution in [0.5, 0.6) is 11.5 Å². The molecule has 0 fully saturated rings. The van der Waals surface area contributed by atoms with Gasteiger partial charge in [-0.1, -0.05) is 46.4 Å². The first-order valence-electron chi connectivity index (χ1n) is 4.64. The van der Waals surface area contributed by atoms with Crippen LogP contribution in [0.25, 0.3) is 0 Å². The first kappa shape index (κ1) is 12.8. The lowest BCUT2D eigenvalue weighted by molar-refractivity contribution is 0.483. The molecule has 0 atom stereocenters. The molecule has 0 spiro atoms. The Morgan fingerprint density at radius 3 is 2.12 bits per heavy atom. The van der Waals surface area contributed by atoms with Gasteiger partial charge in [0.05, 0.1) is 15.1 Å². The minimum atomic E-state index is 0.419. The summed E-state index contributed by atoms with van der Waals surface area (Å²) in [5.74, 6) is 1.01. The van der Waals surface area contributed by atoms with Gasteiger partial charge in [0.1, 0.15) is 11.5 Å². The topological polar surface area (TPSA) is 9.23 Å². The third kappa shape index (κ3) is 3.20. The number of ether oxygens (including phenoxy) is 1. The predicted octanol–water partition coefficient (Wildman–Crippen LogP) is 6.09. The maximum atomic E-state index is 5.97. The zero-order chi connectivity index (χ0) is 12.4.